The van der Waals surface area contributed by atoms with Gasteiger partial charge in [-0.1, -0.05) is 62.4 Å². The predicted molar refractivity (Wildman–Crippen MR) is 102 cm³/mol. The molecular formula is C22H20N2. The van der Waals surface area contributed by atoms with Crippen molar-refractivity contribution in [1.82, 2.24) is 0 Å². The first-order chi connectivity index (χ1) is 11.8. The van der Waals surface area contributed by atoms with Crippen molar-refractivity contribution in [3.05, 3.63) is 88.1 Å². The van der Waals surface area contributed by atoms with Gasteiger partial charge in [0.25, 0.3) is 0 Å². The smallest absolute Gasteiger partial charge is 0.0804 e. The first-order valence-electron chi connectivity index (χ1n) is 8.56. The number of aliphatic imine (C=N–C) groups is 2. The quantitative estimate of drug-likeness (QED) is 0.759. The van der Waals surface area contributed by atoms with Gasteiger partial charge in [0.2, 0.25) is 0 Å². The maximum atomic E-state index is 4.96. The van der Waals surface area contributed by atoms with Crippen LogP contribution >= 0.6 is 0 Å². The van der Waals surface area contributed by atoms with Gasteiger partial charge in [0.15, 0.2) is 0 Å². The van der Waals surface area contributed by atoms with Crippen molar-refractivity contribution in [3.8, 4) is 0 Å². The lowest BCUT2D eigenvalue weighted by molar-refractivity contribution is 1.14. The molecule has 0 unspecified atom stereocenters. The normalized spacial score (nSPS) is 15.6. The van der Waals surface area contributed by atoms with Gasteiger partial charge in [0.05, 0.1) is 11.4 Å². The fraction of sp³-hybridized carbons (Fsp3) is 0.182. The molecule has 0 aromatic heterocycles. The molecule has 0 saturated carbocycles. The van der Waals surface area contributed by atoms with E-state index in [0.29, 0.717) is 0 Å². The average Bonchev–Trinajstić information content (AvgIpc) is 3.24. The van der Waals surface area contributed by atoms with Gasteiger partial charge in [0.1, 0.15) is 0 Å². The van der Waals surface area contributed by atoms with Crippen molar-refractivity contribution in [2.45, 2.75) is 26.7 Å². The monoisotopic (exact) mass is 312 g/mol. The first kappa shape index (κ1) is 14.8. The van der Waals surface area contributed by atoms with Crippen LogP contribution in [0.25, 0.3) is 5.70 Å². The van der Waals surface area contributed by atoms with E-state index in [4.69, 9.17) is 4.99 Å². The Morgan fingerprint density at radius 3 is 1.92 bits per heavy atom. The molecule has 2 aliphatic heterocycles. The van der Waals surface area contributed by atoms with E-state index in [1.807, 2.05) is 12.4 Å². The van der Waals surface area contributed by atoms with Crippen LogP contribution in [0.2, 0.25) is 0 Å². The maximum Gasteiger partial charge on any atom is 0.0804 e. The Hall–Kier alpha value is -2.74. The standard InChI is InChI=1S/C22H20N2/c1-3-15-5-9-17(10-6-15)21-19-13-23-14-20(19)22(24-21)18-11-7-16(4-2)8-12-18/h5-14H,3-4H2,1-2H3. The first-order valence-corrected chi connectivity index (χ1v) is 8.56. The third-order valence-electron chi connectivity index (χ3n) is 4.70. The lowest BCUT2D eigenvalue weighted by Crippen LogP contribution is -2.01. The van der Waals surface area contributed by atoms with Gasteiger partial charge in [-0.25, -0.2) is 4.99 Å². The van der Waals surface area contributed by atoms with Crippen molar-refractivity contribution in [1.29, 1.82) is 0 Å². The maximum absolute atomic E-state index is 4.96. The SMILES string of the molecule is CCc1ccc(C2=NC(c3ccc(CC)cc3)=C3C=NC=C23)cc1. The molecule has 0 atom stereocenters. The highest BCUT2D eigenvalue weighted by Crippen LogP contribution is 2.36. The van der Waals surface area contributed by atoms with E-state index in [2.05, 4.69) is 67.4 Å². The Balaban J connectivity index is 1.75. The molecule has 118 valence electrons. The van der Waals surface area contributed by atoms with Gasteiger partial charge in [-0.2, -0.15) is 0 Å². The number of fused-ring (bicyclic) bond motifs is 1. The average molecular weight is 312 g/mol. The number of rotatable bonds is 4. The van der Waals surface area contributed by atoms with Crippen LogP contribution in [0, 0.1) is 0 Å². The van der Waals surface area contributed by atoms with Crippen LogP contribution in [0.15, 0.2) is 75.9 Å². The third-order valence-corrected chi connectivity index (χ3v) is 4.70. The van der Waals surface area contributed by atoms with Crippen molar-refractivity contribution in [2.24, 2.45) is 9.98 Å². The van der Waals surface area contributed by atoms with E-state index in [1.54, 1.807) is 0 Å². The van der Waals surface area contributed by atoms with Gasteiger partial charge >= 0.3 is 0 Å². The van der Waals surface area contributed by atoms with E-state index >= 15 is 0 Å². The Morgan fingerprint density at radius 2 is 1.33 bits per heavy atom. The summed E-state index contributed by atoms with van der Waals surface area (Å²) in [6.45, 7) is 4.35. The molecule has 2 aromatic carbocycles. The summed E-state index contributed by atoms with van der Waals surface area (Å²) >= 11 is 0. The highest BCUT2D eigenvalue weighted by molar-refractivity contribution is 6.27. The fourth-order valence-corrected chi connectivity index (χ4v) is 3.17. The second-order valence-corrected chi connectivity index (χ2v) is 6.14. The van der Waals surface area contributed by atoms with Crippen molar-refractivity contribution < 1.29 is 0 Å². The molecular weight excluding hydrogens is 292 g/mol. The van der Waals surface area contributed by atoms with Gasteiger partial charge in [-0.05, 0) is 24.0 Å². The summed E-state index contributed by atoms with van der Waals surface area (Å²) in [5.74, 6) is 0. The third kappa shape index (κ3) is 2.44. The summed E-state index contributed by atoms with van der Waals surface area (Å²) in [5.41, 5.74) is 9.32. The number of nitrogens with zero attached hydrogens (tertiary/aromatic N) is 2. The lowest BCUT2D eigenvalue weighted by Gasteiger charge is -2.04. The number of benzene rings is 2. The minimum absolute atomic E-state index is 1.03. The Bertz CT molecular complexity index is 892. The van der Waals surface area contributed by atoms with Crippen LogP contribution < -0.4 is 0 Å². The molecule has 4 rings (SSSR count). The van der Waals surface area contributed by atoms with Crippen LogP contribution in [0.5, 0.6) is 0 Å². The fourth-order valence-electron chi connectivity index (χ4n) is 3.17. The summed E-state index contributed by atoms with van der Waals surface area (Å²) in [5, 5.41) is 0. The molecule has 0 amide bonds. The zero-order valence-corrected chi connectivity index (χ0v) is 14.1. The number of hydrogen-bond acceptors (Lipinski definition) is 2. The van der Waals surface area contributed by atoms with E-state index in [-0.39, 0.29) is 0 Å². The predicted octanol–water partition coefficient (Wildman–Crippen LogP) is 4.99. The second-order valence-electron chi connectivity index (χ2n) is 6.14. The second kappa shape index (κ2) is 6.04. The molecule has 2 heterocycles. The molecule has 0 radical (unpaired) electrons. The zero-order chi connectivity index (χ0) is 16.5. The van der Waals surface area contributed by atoms with Crippen molar-refractivity contribution in [2.75, 3.05) is 0 Å². The summed E-state index contributed by atoms with van der Waals surface area (Å²) in [7, 11) is 0. The Kier molecular flexibility index (Phi) is 3.73. The van der Waals surface area contributed by atoms with Crippen LogP contribution in [0.3, 0.4) is 0 Å². The van der Waals surface area contributed by atoms with Gasteiger partial charge in [-0.3, -0.25) is 4.99 Å². The van der Waals surface area contributed by atoms with Crippen LogP contribution in [0.4, 0.5) is 0 Å². The van der Waals surface area contributed by atoms with E-state index in [9.17, 15) is 0 Å². The number of aryl methyl sites for hydroxylation is 2. The van der Waals surface area contributed by atoms with Crippen LogP contribution in [0.1, 0.15) is 36.1 Å². The Morgan fingerprint density at radius 1 is 0.750 bits per heavy atom. The summed E-state index contributed by atoms with van der Waals surface area (Å²) in [6.07, 6.45) is 5.96. The van der Waals surface area contributed by atoms with E-state index < -0.39 is 0 Å². The number of hydrogen-bond donors (Lipinski definition) is 0. The van der Waals surface area contributed by atoms with Gasteiger partial charge < -0.3 is 0 Å². The van der Waals surface area contributed by atoms with Crippen LogP contribution in [-0.2, 0) is 12.8 Å². The molecule has 0 spiro atoms. The van der Waals surface area contributed by atoms with Crippen molar-refractivity contribution in [3.63, 3.8) is 0 Å². The molecule has 0 aliphatic carbocycles. The highest BCUT2D eigenvalue weighted by Gasteiger charge is 2.27. The highest BCUT2D eigenvalue weighted by atomic mass is 14.8. The summed E-state index contributed by atoms with van der Waals surface area (Å²) in [6, 6.07) is 17.4. The van der Waals surface area contributed by atoms with E-state index in [0.717, 1.165) is 46.5 Å². The molecule has 24 heavy (non-hydrogen) atoms. The summed E-state index contributed by atoms with van der Waals surface area (Å²) < 4.78 is 0. The summed E-state index contributed by atoms with van der Waals surface area (Å²) in [4.78, 5) is 9.32. The molecule has 2 aliphatic rings. The lowest BCUT2D eigenvalue weighted by atomic mass is 9.97. The molecule has 2 heteroatoms. The minimum atomic E-state index is 1.03. The van der Waals surface area contributed by atoms with Gasteiger partial charge in [0, 0.05) is 34.7 Å². The molecule has 2 aromatic rings. The molecule has 0 N–H and O–H groups in total. The van der Waals surface area contributed by atoms with E-state index in [1.165, 1.54) is 11.1 Å². The molecule has 0 bridgehead atoms. The van der Waals surface area contributed by atoms with Crippen molar-refractivity contribution >= 4 is 17.6 Å². The molecule has 0 saturated heterocycles. The van der Waals surface area contributed by atoms with Crippen LogP contribution in [-0.4, -0.2) is 11.9 Å². The largest absolute Gasteiger partial charge is 0.263 e. The minimum Gasteiger partial charge on any atom is -0.263 e. The van der Waals surface area contributed by atoms with Gasteiger partial charge in [-0.15, -0.1) is 0 Å². The Labute approximate surface area is 143 Å². The molecule has 2 nitrogen and oxygen atoms in total. The molecule has 0 fully saturated rings. The topological polar surface area (TPSA) is 24.7 Å². The number of allylic oxidation sites excluding steroid dienone is 2. The zero-order valence-electron chi connectivity index (χ0n) is 14.1.